The van der Waals surface area contributed by atoms with Gasteiger partial charge in [0.25, 0.3) is 27.1 Å². The molecule has 15 heteroatoms. The second-order valence-electron chi connectivity index (χ2n) is 6.72. The summed E-state index contributed by atoms with van der Waals surface area (Å²) >= 11 is 4.77. The van der Waals surface area contributed by atoms with Gasteiger partial charge in [-0.1, -0.05) is 6.07 Å². The summed E-state index contributed by atoms with van der Waals surface area (Å²) in [6, 6.07) is 6.18. The lowest BCUT2D eigenvalue weighted by Crippen LogP contribution is -2.36. The first-order valence-electron chi connectivity index (χ1n) is 9.25. The van der Waals surface area contributed by atoms with E-state index in [9.17, 15) is 27.6 Å². The molecule has 176 valence electrons. The van der Waals surface area contributed by atoms with Crippen molar-refractivity contribution in [2.75, 3.05) is 5.88 Å². The second-order valence-corrected chi connectivity index (χ2v) is 8.55. The van der Waals surface area contributed by atoms with E-state index >= 15 is 0 Å². The maximum absolute atomic E-state index is 12.1. The van der Waals surface area contributed by atoms with Crippen LogP contribution in [0.25, 0.3) is 11.0 Å². The molecule has 1 aromatic heterocycles. The molecule has 1 fully saturated rings. The number of carbonyl (C=O) groups is 3. The molecular weight excluding hydrogens is 482 g/mol. The Bertz CT molecular complexity index is 1270. The average Bonchev–Trinajstić information content (AvgIpc) is 3.06. The molecule has 3 amide bonds. The summed E-state index contributed by atoms with van der Waals surface area (Å²) in [5.74, 6) is -2.05. The third-order valence-corrected chi connectivity index (χ3v) is 5.01. The molecule has 3 N–H and O–H groups in total. The van der Waals surface area contributed by atoms with Crippen LogP contribution >= 0.6 is 12.2 Å². The maximum atomic E-state index is 12.1. The van der Waals surface area contributed by atoms with Gasteiger partial charge >= 0.3 is 11.7 Å². The fraction of sp³-hybridized carbons (Fsp3) is 0.278. The molecule has 0 spiro atoms. The molecule has 1 saturated heterocycles. The van der Waals surface area contributed by atoms with Gasteiger partial charge in [0, 0.05) is 24.8 Å². The molecule has 1 aromatic carbocycles. The van der Waals surface area contributed by atoms with Gasteiger partial charge in [0.05, 0.1) is 5.56 Å². The Morgan fingerprint density at radius 3 is 2.52 bits per heavy atom. The number of rotatable bonds is 7. The number of ether oxygens (including phenoxy) is 1. The molecule has 1 aliphatic rings. The molecule has 13 nitrogen and oxygen atoms in total. The van der Waals surface area contributed by atoms with E-state index in [1.165, 1.54) is 12.1 Å². The first-order chi connectivity index (χ1) is 15.5. The summed E-state index contributed by atoms with van der Waals surface area (Å²) in [5.41, 5.74) is 0.226. The Morgan fingerprint density at radius 1 is 1.15 bits per heavy atom. The van der Waals surface area contributed by atoms with E-state index in [2.05, 4.69) is 10.6 Å². The number of hydroxylamine groups is 2. The molecule has 0 saturated carbocycles. The monoisotopic (exact) mass is 499 g/mol. The third kappa shape index (κ3) is 6.71. The molecule has 3 rings (SSSR count). The van der Waals surface area contributed by atoms with Crippen LogP contribution in [0.15, 0.2) is 33.5 Å². The minimum absolute atomic E-state index is 0.0143. The van der Waals surface area contributed by atoms with Crippen molar-refractivity contribution in [2.24, 2.45) is 0 Å². The molecule has 33 heavy (non-hydrogen) atoms. The highest BCUT2D eigenvalue weighted by Gasteiger charge is 2.32. The quantitative estimate of drug-likeness (QED) is 0.206. The van der Waals surface area contributed by atoms with Crippen LogP contribution in [0, 0.1) is 0 Å². The number of fused-ring (bicyclic) bond motifs is 1. The fourth-order valence-electron chi connectivity index (χ4n) is 2.72. The van der Waals surface area contributed by atoms with E-state index in [1.807, 2.05) is 0 Å². The van der Waals surface area contributed by atoms with Crippen molar-refractivity contribution in [1.29, 1.82) is 0 Å². The Morgan fingerprint density at radius 2 is 1.85 bits per heavy atom. The van der Waals surface area contributed by atoms with E-state index in [-0.39, 0.29) is 42.3 Å². The summed E-state index contributed by atoms with van der Waals surface area (Å²) in [6.07, 6.45) is -1.02. The lowest BCUT2D eigenvalue weighted by atomic mass is 10.1. The molecule has 0 atom stereocenters. The van der Waals surface area contributed by atoms with E-state index in [1.54, 1.807) is 12.1 Å². The minimum Gasteiger partial charge on any atom is -0.466 e. The maximum Gasteiger partial charge on any atom is 0.432 e. The van der Waals surface area contributed by atoms with Gasteiger partial charge < -0.3 is 24.6 Å². The van der Waals surface area contributed by atoms with Gasteiger partial charge in [-0.2, -0.15) is 8.42 Å². The predicted molar refractivity (Wildman–Crippen MR) is 114 cm³/mol. The number of hydrogen-bond donors (Lipinski definition) is 3. The summed E-state index contributed by atoms with van der Waals surface area (Å²) in [7, 11) is -4.30. The van der Waals surface area contributed by atoms with Crippen molar-refractivity contribution in [3.05, 3.63) is 45.8 Å². The Labute approximate surface area is 191 Å². The van der Waals surface area contributed by atoms with E-state index in [0.717, 1.165) is 0 Å². The number of benzene rings is 1. The highest BCUT2D eigenvalue weighted by molar-refractivity contribution is 7.85. The number of amides is 3. The van der Waals surface area contributed by atoms with Crippen molar-refractivity contribution < 1.29 is 41.3 Å². The van der Waals surface area contributed by atoms with Crippen molar-refractivity contribution in [3.8, 4) is 0 Å². The van der Waals surface area contributed by atoms with E-state index in [4.69, 9.17) is 30.8 Å². The Hall–Kier alpha value is -3.56. The zero-order valence-corrected chi connectivity index (χ0v) is 18.4. The molecule has 0 radical (unpaired) electrons. The third-order valence-electron chi connectivity index (χ3n) is 4.24. The van der Waals surface area contributed by atoms with E-state index < -0.39 is 39.5 Å². The van der Waals surface area contributed by atoms with Crippen LogP contribution in [0.5, 0.6) is 0 Å². The molecule has 2 aromatic rings. The van der Waals surface area contributed by atoms with Crippen LogP contribution in [0.3, 0.4) is 0 Å². The minimum atomic E-state index is -4.30. The number of nitrogens with one attached hydrogen (secondary N) is 2. The number of nitrogens with zero attached hydrogens (tertiary/aromatic N) is 1. The Kier molecular flexibility index (Phi) is 7.25. The molecule has 0 unspecified atom stereocenters. The number of imide groups is 1. The normalized spacial score (nSPS) is 13.8. The molecule has 0 bridgehead atoms. The van der Waals surface area contributed by atoms with Crippen molar-refractivity contribution >= 4 is 56.4 Å². The van der Waals surface area contributed by atoms with Crippen LogP contribution in [0.4, 0.5) is 4.79 Å². The van der Waals surface area contributed by atoms with Crippen LogP contribution in [-0.4, -0.2) is 47.0 Å². The standard InChI is InChI=1S/C18H17N3O10S2/c22-14-3-4-15(23)21(14)31-17(25)19-7-10-1-2-13-11(5-10)6-12(16(24)30-13)8-29-18(32)20-9-33(26,27)28/h1-2,5-6H,3-4,7-9H2,(H,19,25)(H,20,32)(H,26,27,28). The molecular formula is C18H17N3O10S2. The summed E-state index contributed by atoms with van der Waals surface area (Å²) < 4.78 is 40.4. The van der Waals surface area contributed by atoms with Crippen LogP contribution < -0.4 is 16.3 Å². The van der Waals surface area contributed by atoms with Gasteiger partial charge in [-0.15, -0.1) is 5.06 Å². The highest BCUT2D eigenvalue weighted by atomic mass is 32.2. The highest BCUT2D eigenvalue weighted by Crippen LogP contribution is 2.17. The van der Waals surface area contributed by atoms with Gasteiger partial charge in [-0.25, -0.2) is 9.59 Å². The van der Waals surface area contributed by atoms with Crippen molar-refractivity contribution in [1.82, 2.24) is 15.7 Å². The fourth-order valence-corrected chi connectivity index (χ4v) is 3.25. The zero-order chi connectivity index (χ0) is 24.2. The average molecular weight is 499 g/mol. The van der Waals surface area contributed by atoms with Gasteiger partial charge in [0.2, 0.25) is 0 Å². The van der Waals surface area contributed by atoms with E-state index in [0.29, 0.717) is 16.0 Å². The van der Waals surface area contributed by atoms with Crippen LogP contribution in [0.1, 0.15) is 24.0 Å². The first kappa shape index (κ1) is 24.1. The van der Waals surface area contributed by atoms with Crippen molar-refractivity contribution in [3.63, 3.8) is 0 Å². The van der Waals surface area contributed by atoms with Crippen LogP contribution in [-0.2, 0) is 42.4 Å². The summed E-state index contributed by atoms with van der Waals surface area (Å²) in [6.45, 7) is -0.345. The zero-order valence-electron chi connectivity index (χ0n) is 16.7. The van der Waals surface area contributed by atoms with Gasteiger partial charge in [0.1, 0.15) is 18.1 Å². The number of carbonyl (C=O) groups excluding carboxylic acids is 3. The summed E-state index contributed by atoms with van der Waals surface area (Å²) in [5, 5.41) is 5.13. The first-order valence-corrected chi connectivity index (χ1v) is 11.3. The molecule has 2 heterocycles. The lowest BCUT2D eigenvalue weighted by molar-refractivity contribution is -0.171. The topological polar surface area (TPSA) is 182 Å². The second kappa shape index (κ2) is 9.93. The van der Waals surface area contributed by atoms with Gasteiger partial charge in [-0.3, -0.25) is 14.1 Å². The molecule has 1 aliphatic heterocycles. The smallest absolute Gasteiger partial charge is 0.432 e. The van der Waals surface area contributed by atoms with Crippen molar-refractivity contribution in [2.45, 2.75) is 26.0 Å². The largest absolute Gasteiger partial charge is 0.466 e. The van der Waals surface area contributed by atoms with Gasteiger partial charge in [0.15, 0.2) is 0 Å². The Balaban J connectivity index is 1.62. The summed E-state index contributed by atoms with van der Waals surface area (Å²) in [4.78, 5) is 51.6. The van der Waals surface area contributed by atoms with Gasteiger partial charge in [-0.05, 0) is 36.0 Å². The SMILES string of the molecule is O=C(NCc1ccc2oc(=O)c(COC(=S)NCS(=O)(=O)O)cc2c1)ON1C(=O)CCC1=O. The van der Waals surface area contributed by atoms with Crippen LogP contribution in [0.2, 0.25) is 0 Å². The number of hydrogen-bond acceptors (Lipinski definition) is 10. The number of thiocarbonyl (C=S) groups is 1. The molecule has 0 aliphatic carbocycles. The predicted octanol–water partition coefficient (Wildman–Crippen LogP) is 0.320. The lowest BCUT2D eigenvalue weighted by Gasteiger charge is -2.13.